The molecule has 4 N–H and O–H groups in total. The van der Waals surface area contributed by atoms with E-state index in [0.29, 0.717) is 18.8 Å². The van der Waals surface area contributed by atoms with E-state index >= 15 is 0 Å². The van der Waals surface area contributed by atoms with Gasteiger partial charge >= 0.3 is 0 Å². The predicted molar refractivity (Wildman–Crippen MR) is 87.3 cm³/mol. The highest BCUT2D eigenvalue weighted by Crippen LogP contribution is 2.63. The molecule has 4 aliphatic rings. The standard InChI is InChI=1S/C19H28FNO2/c1-18-5-3-11(22)7-10(18)8-15(23)16-12(18)4-6-19(2)13(16)9-14(20)17(19)21/h3,5,8,11-17,22-23H,4,6-7,9,21H2,1-2H3/t11-,12-,13-,14-,15-,16+,17-,18-,19-/m0/s1. The van der Waals surface area contributed by atoms with Gasteiger partial charge in [0.25, 0.3) is 0 Å². The van der Waals surface area contributed by atoms with Crippen molar-refractivity contribution in [1.82, 2.24) is 0 Å². The van der Waals surface area contributed by atoms with Gasteiger partial charge in [-0.05, 0) is 48.9 Å². The maximum absolute atomic E-state index is 14.4. The van der Waals surface area contributed by atoms with Gasteiger partial charge in [-0.15, -0.1) is 0 Å². The molecule has 0 amide bonds. The fourth-order valence-electron chi connectivity index (χ4n) is 6.24. The van der Waals surface area contributed by atoms with Crippen LogP contribution in [0.25, 0.3) is 0 Å². The van der Waals surface area contributed by atoms with Crippen molar-refractivity contribution in [2.45, 2.75) is 64.0 Å². The van der Waals surface area contributed by atoms with Gasteiger partial charge in [0.2, 0.25) is 0 Å². The number of halogens is 1. The molecule has 0 heterocycles. The Labute approximate surface area is 137 Å². The monoisotopic (exact) mass is 321 g/mol. The van der Waals surface area contributed by atoms with E-state index in [1.54, 1.807) is 0 Å². The van der Waals surface area contributed by atoms with Crippen LogP contribution in [0.1, 0.15) is 39.5 Å². The van der Waals surface area contributed by atoms with Crippen LogP contribution in [0.3, 0.4) is 0 Å². The predicted octanol–water partition coefficient (Wildman–Crippen LogP) is 2.33. The van der Waals surface area contributed by atoms with E-state index in [9.17, 15) is 14.6 Å². The van der Waals surface area contributed by atoms with Crippen LogP contribution in [-0.2, 0) is 0 Å². The molecule has 4 rings (SSSR count). The Morgan fingerprint density at radius 3 is 2.74 bits per heavy atom. The number of alkyl halides is 1. The van der Waals surface area contributed by atoms with Crippen molar-refractivity contribution in [3.8, 4) is 0 Å². The quantitative estimate of drug-likeness (QED) is 0.600. The Balaban J connectivity index is 1.76. The number of nitrogens with two attached hydrogens (primary N) is 1. The summed E-state index contributed by atoms with van der Waals surface area (Å²) >= 11 is 0. The summed E-state index contributed by atoms with van der Waals surface area (Å²) in [5.41, 5.74) is 7.01. The lowest BCUT2D eigenvalue weighted by Gasteiger charge is -2.57. The Morgan fingerprint density at radius 2 is 2.00 bits per heavy atom. The maximum Gasteiger partial charge on any atom is 0.116 e. The van der Waals surface area contributed by atoms with Crippen LogP contribution < -0.4 is 5.73 Å². The number of aliphatic hydroxyl groups is 2. The normalized spacial score (nSPS) is 58.2. The van der Waals surface area contributed by atoms with Crippen LogP contribution >= 0.6 is 0 Å². The summed E-state index contributed by atoms with van der Waals surface area (Å²) in [6.45, 7) is 4.34. The molecule has 0 aliphatic heterocycles. The SMILES string of the molecule is C[C@]12CC[C@H]3[C@@H]([C@@H](O)C=C4C[C@@H](O)C=C[C@@]43C)[C@@H]1C[C@H](F)[C@@H]2N. The van der Waals surface area contributed by atoms with E-state index < -0.39 is 24.4 Å². The van der Waals surface area contributed by atoms with Crippen molar-refractivity contribution >= 4 is 0 Å². The molecule has 4 aliphatic carbocycles. The summed E-state index contributed by atoms with van der Waals surface area (Å²) < 4.78 is 14.4. The van der Waals surface area contributed by atoms with Crippen LogP contribution in [-0.4, -0.2) is 34.6 Å². The van der Waals surface area contributed by atoms with Gasteiger partial charge in [0.15, 0.2) is 0 Å². The molecule has 0 saturated heterocycles. The van der Waals surface area contributed by atoms with Gasteiger partial charge in [-0.1, -0.05) is 37.6 Å². The fraction of sp³-hybridized carbons (Fsp3) is 0.789. The summed E-state index contributed by atoms with van der Waals surface area (Å²) in [5.74, 6) is 0.502. The van der Waals surface area contributed by atoms with Crippen molar-refractivity contribution < 1.29 is 14.6 Å². The van der Waals surface area contributed by atoms with Crippen molar-refractivity contribution in [2.24, 2.45) is 34.3 Å². The third kappa shape index (κ3) is 1.98. The molecule has 23 heavy (non-hydrogen) atoms. The molecule has 0 radical (unpaired) electrons. The van der Waals surface area contributed by atoms with Gasteiger partial charge in [-0.25, -0.2) is 4.39 Å². The van der Waals surface area contributed by atoms with E-state index in [0.717, 1.165) is 18.4 Å². The van der Waals surface area contributed by atoms with Crippen LogP contribution in [0.15, 0.2) is 23.8 Å². The fourth-order valence-corrected chi connectivity index (χ4v) is 6.24. The zero-order valence-electron chi connectivity index (χ0n) is 14.0. The first-order chi connectivity index (χ1) is 10.8. The number of allylic oxidation sites excluding steroid dienone is 1. The largest absolute Gasteiger partial charge is 0.389 e. The average molecular weight is 321 g/mol. The Kier molecular flexibility index (Phi) is 3.37. The molecule has 4 heteroatoms. The van der Waals surface area contributed by atoms with E-state index in [2.05, 4.69) is 19.9 Å². The minimum absolute atomic E-state index is 0.0641. The molecule has 0 aromatic rings. The molecule has 3 nitrogen and oxygen atoms in total. The Hall–Kier alpha value is -0.710. The summed E-state index contributed by atoms with van der Waals surface area (Å²) in [6, 6.07) is -0.414. The number of rotatable bonds is 0. The molecule has 9 atom stereocenters. The van der Waals surface area contributed by atoms with Gasteiger partial charge in [-0.3, -0.25) is 0 Å². The number of aliphatic hydroxyl groups excluding tert-OH is 2. The van der Waals surface area contributed by atoms with E-state index in [1.165, 1.54) is 0 Å². The maximum atomic E-state index is 14.4. The summed E-state index contributed by atoms with van der Waals surface area (Å²) in [4.78, 5) is 0. The number of fused-ring (bicyclic) bond motifs is 5. The van der Waals surface area contributed by atoms with Gasteiger partial charge in [0.1, 0.15) is 6.17 Å². The van der Waals surface area contributed by atoms with Gasteiger partial charge < -0.3 is 15.9 Å². The third-order valence-corrected chi connectivity index (χ3v) is 7.72. The first kappa shape index (κ1) is 15.8. The lowest BCUT2D eigenvalue weighted by molar-refractivity contribution is -0.0653. The number of hydrogen-bond acceptors (Lipinski definition) is 3. The van der Waals surface area contributed by atoms with Crippen LogP contribution in [0.2, 0.25) is 0 Å². The van der Waals surface area contributed by atoms with Crippen molar-refractivity contribution in [2.75, 3.05) is 0 Å². The van der Waals surface area contributed by atoms with E-state index in [1.807, 2.05) is 12.2 Å². The second kappa shape index (κ2) is 4.90. The highest BCUT2D eigenvalue weighted by atomic mass is 19.1. The Bertz CT molecular complexity index is 576. The molecular weight excluding hydrogens is 293 g/mol. The minimum Gasteiger partial charge on any atom is -0.389 e. The van der Waals surface area contributed by atoms with Crippen molar-refractivity contribution in [1.29, 1.82) is 0 Å². The molecule has 0 bridgehead atoms. The number of hydrogen-bond donors (Lipinski definition) is 3. The first-order valence-corrected chi connectivity index (χ1v) is 8.93. The van der Waals surface area contributed by atoms with Gasteiger partial charge in [-0.2, -0.15) is 0 Å². The highest BCUT2D eigenvalue weighted by molar-refractivity contribution is 5.34. The lowest BCUT2D eigenvalue weighted by Crippen LogP contribution is -2.55. The highest BCUT2D eigenvalue weighted by Gasteiger charge is 2.62. The van der Waals surface area contributed by atoms with Gasteiger partial charge in [0, 0.05) is 11.5 Å². The summed E-state index contributed by atoms with van der Waals surface area (Å²) in [7, 11) is 0. The molecule has 0 aromatic heterocycles. The molecular formula is C19H28FNO2. The molecule has 2 saturated carbocycles. The third-order valence-electron chi connectivity index (χ3n) is 7.72. The second-order valence-electron chi connectivity index (χ2n) is 8.71. The zero-order valence-corrected chi connectivity index (χ0v) is 14.0. The average Bonchev–Trinajstić information content (AvgIpc) is 2.73. The lowest BCUT2D eigenvalue weighted by atomic mass is 9.48. The van der Waals surface area contributed by atoms with E-state index in [-0.39, 0.29) is 22.7 Å². The van der Waals surface area contributed by atoms with Crippen molar-refractivity contribution in [3.63, 3.8) is 0 Å². The summed E-state index contributed by atoms with van der Waals surface area (Å²) in [6.07, 6.45) is 6.94. The molecule has 0 unspecified atom stereocenters. The molecule has 0 spiro atoms. The van der Waals surface area contributed by atoms with Crippen molar-refractivity contribution in [3.05, 3.63) is 23.8 Å². The first-order valence-electron chi connectivity index (χ1n) is 8.93. The van der Waals surface area contributed by atoms with Gasteiger partial charge in [0.05, 0.1) is 12.2 Å². The van der Waals surface area contributed by atoms with E-state index in [4.69, 9.17) is 5.73 Å². The minimum atomic E-state index is -0.960. The summed E-state index contributed by atoms with van der Waals surface area (Å²) in [5, 5.41) is 20.8. The van der Waals surface area contributed by atoms with Crippen LogP contribution in [0.5, 0.6) is 0 Å². The van der Waals surface area contributed by atoms with Crippen LogP contribution in [0.4, 0.5) is 4.39 Å². The molecule has 0 aromatic carbocycles. The zero-order chi connectivity index (χ0) is 16.6. The molecule has 2 fully saturated rings. The topological polar surface area (TPSA) is 66.5 Å². The second-order valence-corrected chi connectivity index (χ2v) is 8.71. The van der Waals surface area contributed by atoms with Crippen LogP contribution in [0, 0.1) is 28.6 Å². The smallest absolute Gasteiger partial charge is 0.116 e. The Morgan fingerprint density at radius 1 is 1.26 bits per heavy atom. The molecule has 128 valence electrons.